The van der Waals surface area contributed by atoms with Gasteiger partial charge in [0.25, 0.3) is 0 Å². The van der Waals surface area contributed by atoms with Crippen molar-refractivity contribution in [3.63, 3.8) is 0 Å². The minimum atomic E-state index is -1.62. The molecule has 0 saturated carbocycles. The topological polar surface area (TPSA) is 148 Å². The number of amidine groups is 1. The number of aliphatic hydroxyl groups is 1. The third kappa shape index (κ3) is 4.57. The van der Waals surface area contributed by atoms with Gasteiger partial charge in [0, 0.05) is 6.54 Å². The van der Waals surface area contributed by atoms with Crippen LogP contribution < -0.4 is 21.9 Å². The molecule has 0 atom stereocenters. The first kappa shape index (κ1) is 17.0. The second kappa shape index (κ2) is 6.84. The number of rotatable bonds is 6. The highest BCUT2D eigenvalue weighted by atomic mass is 16.5. The number of benzene rings is 1. The zero-order chi connectivity index (χ0) is 17.0. The molecule has 0 saturated heterocycles. The maximum atomic E-state index is 8.99. The van der Waals surface area contributed by atoms with Crippen LogP contribution in [0.5, 0.6) is 5.75 Å². The third-order valence-corrected chi connectivity index (χ3v) is 2.89. The summed E-state index contributed by atoms with van der Waals surface area (Å²) in [5, 5.41) is 16.9. The van der Waals surface area contributed by atoms with Crippen molar-refractivity contribution >= 4 is 22.9 Å². The molecule has 1 aliphatic heterocycles. The van der Waals surface area contributed by atoms with Crippen LogP contribution >= 0.6 is 0 Å². The number of nitrogens with zero attached hydrogens (tertiary/aromatic N) is 4. The Morgan fingerprint density at radius 2 is 1.87 bits per heavy atom. The van der Waals surface area contributed by atoms with Gasteiger partial charge in [-0.1, -0.05) is 0 Å². The standard InChI is InChI=1S/C14H21N7O2/c1-21(2)7-11-12(13(15)20-19-11)18-9-3-5-10(6-4-9)23-14(16,17)8-22/h3-6,22H,7-8,16-17H2,1-2H3,(H2,15,18,20). The summed E-state index contributed by atoms with van der Waals surface area (Å²) in [6.07, 6.45) is 0. The van der Waals surface area contributed by atoms with Crippen LogP contribution in [0.1, 0.15) is 0 Å². The van der Waals surface area contributed by atoms with Crippen LogP contribution in [0.15, 0.2) is 39.5 Å². The fourth-order valence-corrected chi connectivity index (χ4v) is 1.85. The van der Waals surface area contributed by atoms with Crippen LogP contribution in [0.4, 0.5) is 5.69 Å². The molecule has 2 rings (SSSR count). The van der Waals surface area contributed by atoms with Crippen LogP contribution in [0, 0.1) is 0 Å². The first-order valence-corrected chi connectivity index (χ1v) is 6.92. The Hall–Kier alpha value is -2.33. The highest BCUT2D eigenvalue weighted by Gasteiger charge is 2.21. The maximum Gasteiger partial charge on any atom is 0.236 e. The third-order valence-electron chi connectivity index (χ3n) is 2.89. The van der Waals surface area contributed by atoms with E-state index in [1.165, 1.54) is 0 Å². The lowest BCUT2D eigenvalue weighted by atomic mass is 10.2. The molecule has 0 unspecified atom stereocenters. The predicted octanol–water partition coefficient (Wildman–Crippen LogP) is -1.01. The molecule has 0 radical (unpaired) electrons. The number of hydrogen-bond donors (Lipinski definition) is 4. The monoisotopic (exact) mass is 319 g/mol. The van der Waals surface area contributed by atoms with Gasteiger partial charge in [-0.15, -0.1) is 10.2 Å². The maximum absolute atomic E-state index is 8.99. The molecule has 1 aliphatic rings. The molecule has 0 bridgehead atoms. The van der Waals surface area contributed by atoms with Gasteiger partial charge in [-0.3, -0.25) is 11.5 Å². The van der Waals surface area contributed by atoms with Gasteiger partial charge in [0.2, 0.25) is 5.85 Å². The summed E-state index contributed by atoms with van der Waals surface area (Å²) in [6, 6.07) is 6.73. The van der Waals surface area contributed by atoms with Crippen molar-refractivity contribution in [2.24, 2.45) is 32.4 Å². The van der Waals surface area contributed by atoms with Crippen molar-refractivity contribution in [2.45, 2.75) is 5.85 Å². The van der Waals surface area contributed by atoms with Gasteiger partial charge >= 0.3 is 0 Å². The van der Waals surface area contributed by atoms with Crippen molar-refractivity contribution < 1.29 is 9.84 Å². The van der Waals surface area contributed by atoms with Crippen molar-refractivity contribution in [3.05, 3.63) is 24.3 Å². The van der Waals surface area contributed by atoms with E-state index in [1.807, 2.05) is 19.0 Å². The van der Waals surface area contributed by atoms with Gasteiger partial charge in [0.1, 0.15) is 23.8 Å². The zero-order valence-corrected chi connectivity index (χ0v) is 13.1. The van der Waals surface area contributed by atoms with Gasteiger partial charge in [-0.05, 0) is 38.4 Å². The molecule has 1 aromatic carbocycles. The summed E-state index contributed by atoms with van der Waals surface area (Å²) in [5.74, 6) is -0.921. The van der Waals surface area contributed by atoms with Crippen LogP contribution in [0.25, 0.3) is 0 Å². The van der Waals surface area contributed by atoms with Gasteiger partial charge in [0.15, 0.2) is 5.84 Å². The van der Waals surface area contributed by atoms with Crippen LogP contribution in [-0.4, -0.2) is 60.4 Å². The summed E-state index contributed by atoms with van der Waals surface area (Å²) < 4.78 is 5.25. The van der Waals surface area contributed by atoms with E-state index in [9.17, 15) is 0 Å². The van der Waals surface area contributed by atoms with E-state index in [0.29, 0.717) is 29.4 Å². The van der Waals surface area contributed by atoms with Gasteiger partial charge in [0.05, 0.1) is 5.69 Å². The molecule has 0 aromatic heterocycles. The minimum absolute atomic E-state index is 0.283. The van der Waals surface area contributed by atoms with Crippen molar-refractivity contribution in [1.82, 2.24) is 4.90 Å². The van der Waals surface area contributed by atoms with E-state index in [2.05, 4.69) is 15.2 Å². The summed E-state index contributed by atoms with van der Waals surface area (Å²) >= 11 is 0. The second-order valence-corrected chi connectivity index (χ2v) is 5.44. The number of aliphatic imine (C=N–C) groups is 1. The number of aliphatic hydroxyl groups excluding tert-OH is 1. The Labute approximate surface area is 134 Å². The molecule has 0 fully saturated rings. The highest BCUT2D eigenvalue weighted by Crippen LogP contribution is 2.20. The van der Waals surface area contributed by atoms with Gasteiger partial charge < -0.3 is 20.5 Å². The molecule has 1 heterocycles. The lowest BCUT2D eigenvalue weighted by Crippen LogP contribution is -2.57. The average Bonchev–Trinajstić information content (AvgIpc) is 2.81. The number of nitrogens with two attached hydrogens (primary N) is 3. The molecule has 9 nitrogen and oxygen atoms in total. The molecule has 7 N–H and O–H groups in total. The molecular weight excluding hydrogens is 298 g/mol. The normalized spacial score (nSPS) is 16.7. The molecule has 9 heteroatoms. The Bertz CT molecular complexity index is 648. The minimum Gasteiger partial charge on any atom is -0.458 e. The zero-order valence-electron chi connectivity index (χ0n) is 13.1. The fraction of sp³-hybridized carbons (Fsp3) is 0.357. The summed E-state index contributed by atoms with van der Waals surface area (Å²) in [5.41, 5.74) is 18.8. The molecule has 0 amide bonds. The Balaban J connectivity index is 2.16. The van der Waals surface area contributed by atoms with Crippen LogP contribution in [0.3, 0.4) is 0 Å². The largest absolute Gasteiger partial charge is 0.458 e. The second-order valence-electron chi connectivity index (χ2n) is 5.44. The molecule has 0 aliphatic carbocycles. The molecule has 124 valence electrons. The van der Waals surface area contributed by atoms with Crippen molar-refractivity contribution in [2.75, 3.05) is 27.2 Å². The van der Waals surface area contributed by atoms with Crippen LogP contribution in [-0.2, 0) is 0 Å². The first-order valence-electron chi connectivity index (χ1n) is 6.92. The van der Waals surface area contributed by atoms with E-state index in [-0.39, 0.29) is 5.84 Å². The highest BCUT2D eigenvalue weighted by molar-refractivity contribution is 6.70. The molecule has 0 spiro atoms. The van der Waals surface area contributed by atoms with E-state index in [0.717, 1.165) is 0 Å². The SMILES string of the molecule is CN(C)CC1=NN=C(N)C1=Nc1ccc(OC(N)(N)CO)cc1. The van der Waals surface area contributed by atoms with Crippen molar-refractivity contribution in [1.29, 1.82) is 0 Å². The van der Waals surface area contributed by atoms with E-state index in [1.54, 1.807) is 24.3 Å². The number of ether oxygens (including phenoxy) is 1. The van der Waals surface area contributed by atoms with E-state index >= 15 is 0 Å². The first-order chi connectivity index (χ1) is 10.8. The smallest absolute Gasteiger partial charge is 0.236 e. The fourth-order valence-electron chi connectivity index (χ4n) is 1.85. The van der Waals surface area contributed by atoms with Gasteiger partial charge in [-0.2, -0.15) is 0 Å². The lowest BCUT2D eigenvalue weighted by Gasteiger charge is -2.23. The Morgan fingerprint density at radius 3 is 2.43 bits per heavy atom. The summed E-state index contributed by atoms with van der Waals surface area (Å²) in [7, 11) is 3.85. The number of hydrogen-bond acceptors (Lipinski definition) is 9. The molecule has 23 heavy (non-hydrogen) atoms. The van der Waals surface area contributed by atoms with Crippen LogP contribution in [0.2, 0.25) is 0 Å². The Morgan fingerprint density at radius 1 is 1.22 bits per heavy atom. The van der Waals surface area contributed by atoms with E-state index in [4.69, 9.17) is 27.0 Å². The predicted molar refractivity (Wildman–Crippen MR) is 90.0 cm³/mol. The lowest BCUT2D eigenvalue weighted by molar-refractivity contribution is 0.0198. The molecular formula is C14H21N7O2. The molecule has 1 aromatic rings. The summed E-state index contributed by atoms with van der Waals surface area (Å²) in [4.78, 5) is 6.42. The Kier molecular flexibility index (Phi) is 5.06. The van der Waals surface area contributed by atoms with E-state index < -0.39 is 12.5 Å². The van der Waals surface area contributed by atoms with Crippen molar-refractivity contribution in [3.8, 4) is 5.75 Å². The summed E-state index contributed by atoms with van der Waals surface area (Å²) in [6.45, 7) is 0.0814. The average molecular weight is 319 g/mol. The van der Waals surface area contributed by atoms with Gasteiger partial charge in [-0.25, -0.2) is 4.99 Å². The quantitative estimate of drug-likeness (QED) is 0.494.